The van der Waals surface area contributed by atoms with Gasteiger partial charge in [0.25, 0.3) is 0 Å². The van der Waals surface area contributed by atoms with E-state index in [2.05, 4.69) is 31.8 Å². The van der Waals surface area contributed by atoms with Gasteiger partial charge in [0.2, 0.25) is 0 Å². The largest absolute Gasteiger partial charge is 0.497 e. The number of carbonyl (C=O) groups excluding carboxylic acids is 2. The number of hydrogen-bond acceptors (Lipinski definition) is 6. The maximum absolute atomic E-state index is 13.1. The highest BCUT2D eigenvalue weighted by Gasteiger charge is 2.14. The number of benzene rings is 3. The maximum Gasteiger partial charge on any atom is 0.329 e. The van der Waals surface area contributed by atoms with E-state index >= 15 is 0 Å². The van der Waals surface area contributed by atoms with Crippen LogP contribution >= 0.6 is 15.9 Å². The number of anilines is 1. The van der Waals surface area contributed by atoms with Crippen LogP contribution in [0.3, 0.4) is 0 Å². The van der Waals surface area contributed by atoms with Crippen molar-refractivity contribution in [2.75, 3.05) is 19.0 Å². The minimum atomic E-state index is -0.930. The Labute approximate surface area is 210 Å². The number of nitrogens with zero attached hydrogens (tertiary/aromatic N) is 1. The first-order valence-corrected chi connectivity index (χ1v) is 11.3. The zero-order valence-corrected chi connectivity index (χ0v) is 20.6. The molecular weight excluding hydrogens is 521 g/mol. The van der Waals surface area contributed by atoms with Gasteiger partial charge in [0.05, 0.1) is 24.4 Å². The molecular formula is C25H23BrFN3O5. The summed E-state index contributed by atoms with van der Waals surface area (Å²) < 4.78 is 30.3. The van der Waals surface area contributed by atoms with Crippen molar-refractivity contribution in [3.8, 4) is 17.2 Å². The normalized spacial score (nSPS) is 10.6. The van der Waals surface area contributed by atoms with Crippen LogP contribution in [-0.4, -0.2) is 31.7 Å². The van der Waals surface area contributed by atoms with Gasteiger partial charge in [0.15, 0.2) is 11.5 Å². The van der Waals surface area contributed by atoms with Gasteiger partial charge in [-0.1, -0.05) is 12.1 Å². The molecule has 0 saturated carbocycles. The van der Waals surface area contributed by atoms with Crippen LogP contribution in [0.1, 0.15) is 18.1 Å². The SMILES string of the molecule is CCOc1cc(C=NNC(=O)C(=O)Nc2ccc(OC)cc2)cc(Br)c1OCc1ccc(F)cc1. The van der Waals surface area contributed by atoms with Gasteiger partial charge in [-0.25, -0.2) is 9.82 Å². The molecule has 0 spiro atoms. The topological polar surface area (TPSA) is 98.2 Å². The Kier molecular flexibility index (Phi) is 9.19. The Balaban J connectivity index is 1.62. The molecule has 8 nitrogen and oxygen atoms in total. The summed E-state index contributed by atoms with van der Waals surface area (Å²) in [5.74, 6) is -0.570. The highest BCUT2D eigenvalue weighted by atomic mass is 79.9. The maximum atomic E-state index is 13.1. The highest BCUT2D eigenvalue weighted by molar-refractivity contribution is 9.10. The van der Waals surface area contributed by atoms with Crippen LogP contribution in [0.2, 0.25) is 0 Å². The quantitative estimate of drug-likeness (QED) is 0.232. The van der Waals surface area contributed by atoms with E-state index < -0.39 is 11.8 Å². The first kappa shape index (κ1) is 25.7. The molecule has 3 aromatic rings. The summed E-state index contributed by atoms with van der Waals surface area (Å²) in [6.07, 6.45) is 1.37. The number of ether oxygens (including phenoxy) is 3. The second-order valence-corrected chi connectivity index (χ2v) is 7.91. The number of rotatable bonds is 9. The fourth-order valence-corrected chi connectivity index (χ4v) is 3.45. The van der Waals surface area contributed by atoms with Gasteiger partial charge in [-0.05, 0) is 82.5 Å². The van der Waals surface area contributed by atoms with Gasteiger partial charge in [-0.15, -0.1) is 0 Å². The smallest absolute Gasteiger partial charge is 0.329 e. The van der Waals surface area contributed by atoms with E-state index in [9.17, 15) is 14.0 Å². The Hall–Kier alpha value is -3.92. The molecule has 0 heterocycles. The molecule has 0 aliphatic rings. The molecule has 2 N–H and O–H groups in total. The van der Waals surface area contributed by atoms with Crippen molar-refractivity contribution in [3.05, 3.63) is 82.1 Å². The van der Waals surface area contributed by atoms with Crippen LogP contribution in [0.25, 0.3) is 0 Å². The number of methoxy groups -OCH3 is 1. The van der Waals surface area contributed by atoms with E-state index in [1.54, 1.807) is 48.5 Å². The average Bonchev–Trinajstić information content (AvgIpc) is 2.85. The monoisotopic (exact) mass is 543 g/mol. The van der Waals surface area contributed by atoms with Gasteiger partial charge in [-0.3, -0.25) is 9.59 Å². The number of nitrogens with one attached hydrogen (secondary N) is 2. The van der Waals surface area contributed by atoms with E-state index in [4.69, 9.17) is 14.2 Å². The summed E-state index contributed by atoms with van der Waals surface area (Å²) in [6, 6.07) is 15.9. The van der Waals surface area contributed by atoms with Crippen molar-refractivity contribution < 1.29 is 28.2 Å². The lowest BCUT2D eigenvalue weighted by atomic mass is 10.2. The second-order valence-electron chi connectivity index (χ2n) is 7.06. The van der Waals surface area contributed by atoms with E-state index in [-0.39, 0.29) is 12.4 Å². The zero-order chi connectivity index (χ0) is 25.2. The Bertz CT molecular complexity index is 1200. The van der Waals surface area contributed by atoms with Crippen molar-refractivity contribution in [1.82, 2.24) is 5.43 Å². The number of halogens is 2. The Morgan fingerprint density at radius 2 is 1.74 bits per heavy atom. The number of amides is 2. The van der Waals surface area contributed by atoms with Gasteiger partial charge < -0.3 is 19.5 Å². The van der Waals surface area contributed by atoms with Crippen molar-refractivity contribution >= 4 is 39.6 Å². The third-order valence-corrected chi connectivity index (χ3v) is 5.15. The first-order chi connectivity index (χ1) is 16.9. The zero-order valence-electron chi connectivity index (χ0n) is 19.0. The minimum Gasteiger partial charge on any atom is -0.497 e. The molecule has 182 valence electrons. The Morgan fingerprint density at radius 1 is 1.03 bits per heavy atom. The predicted octanol–water partition coefficient (Wildman–Crippen LogP) is 4.66. The highest BCUT2D eigenvalue weighted by Crippen LogP contribution is 2.37. The Morgan fingerprint density at radius 3 is 2.40 bits per heavy atom. The summed E-state index contributed by atoms with van der Waals surface area (Å²) in [7, 11) is 1.53. The summed E-state index contributed by atoms with van der Waals surface area (Å²) in [5, 5.41) is 6.32. The lowest BCUT2D eigenvalue weighted by molar-refractivity contribution is -0.136. The average molecular weight is 544 g/mol. The van der Waals surface area contributed by atoms with Crippen LogP contribution in [0, 0.1) is 5.82 Å². The van der Waals surface area contributed by atoms with Gasteiger partial charge in [-0.2, -0.15) is 5.10 Å². The molecule has 0 aliphatic heterocycles. The van der Waals surface area contributed by atoms with Crippen molar-refractivity contribution in [1.29, 1.82) is 0 Å². The van der Waals surface area contributed by atoms with E-state index in [0.717, 1.165) is 5.56 Å². The number of hydrogen-bond donors (Lipinski definition) is 2. The van der Waals surface area contributed by atoms with E-state index in [1.165, 1.54) is 25.5 Å². The van der Waals surface area contributed by atoms with Crippen LogP contribution in [-0.2, 0) is 16.2 Å². The van der Waals surface area contributed by atoms with E-state index in [0.29, 0.717) is 39.6 Å². The van der Waals surface area contributed by atoms with Gasteiger partial charge in [0.1, 0.15) is 18.2 Å². The van der Waals surface area contributed by atoms with Crippen molar-refractivity contribution in [2.24, 2.45) is 5.10 Å². The van der Waals surface area contributed by atoms with Crippen molar-refractivity contribution in [2.45, 2.75) is 13.5 Å². The lowest BCUT2D eigenvalue weighted by Gasteiger charge is -2.14. The lowest BCUT2D eigenvalue weighted by Crippen LogP contribution is -2.32. The van der Waals surface area contributed by atoms with Gasteiger partial charge >= 0.3 is 11.8 Å². The summed E-state index contributed by atoms with van der Waals surface area (Å²) in [6.45, 7) is 2.44. The summed E-state index contributed by atoms with van der Waals surface area (Å²) in [5.41, 5.74) is 4.01. The second kappa shape index (κ2) is 12.5. The third-order valence-electron chi connectivity index (χ3n) is 4.56. The third kappa shape index (κ3) is 7.54. The molecule has 0 unspecified atom stereocenters. The molecule has 10 heteroatoms. The molecule has 35 heavy (non-hydrogen) atoms. The molecule has 0 atom stereocenters. The molecule has 0 bridgehead atoms. The van der Waals surface area contributed by atoms with Gasteiger partial charge in [0, 0.05) is 5.69 Å². The molecule has 0 saturated heterocycles. The van der Waals surface area contributed by atoms with Crippen molar-refractivity contribution in [3.63, 3.8) is 0 Å². The molecule has 3 rings (SSSR count). The molecule has 0 aromatic heterocycles. The van der Waals surface area contributed by atoms with E-state index in [1.807, 2.05) is 6.92 Å². The summed E-state index contributed by atoms with van der Waals surface area (Å²) >= 11 is 3.46. The predicted molar refractivity (Wildman–Crippen MR) is 133 cm³/mol. The van der Waals surface area contributed by atoms with Crippen LogP contribution in [0.15, 0.2) is 70.2 Å². The molecule has 3 aromatic carbocycles. The number of hydrazone groups is 1. The van der Waals surface area contributed by atoms with Crippen LogP contribution in [0.5, 0.6) is 17.2 Å². The first-order valence-electron chi connectivity index (χ1n) is 10.5. The fraction of sp³-hybridized carbons (Fsp3) is 0.160. The minimum absolute atomic E-state index is 0.214. The molecule has 2 amide bonds. The summed E-state index contributed by atoms with van der Waals surface area (Å²) in [4.78, 5) is 24.1. The fourth-order valence-electron chi connectivity index (χ4n) is 2.88. The molecule has 0 aliphatic carbocycles. The standard InChI is InChI=1S/C25H23BrFN3O5/c1-3-34-22-13-17(12-21(26)23(22)35-15-16-4-6-18(27)7-5-16)14-28-30-25(32)24(31)29-19-8-10-20(33-2)11-9-19/h4-14H,3,15H2,1-2H3,(H,29,31)(H,30,32). The molecule has 0 fully saturated rings. The number of carbonyl (C=O) groups is 2. The van der Waals surface area contributed by atoms with Crippen LogP contribution in [0.4, 0.5) is 10.1 Å². The molecule has 0 radical (unpaired) electrons. The van der Waals surface area contributed by atoms with Crippen LogP contribution < -0.4 is 25.0 Å².